The molecule has 0 unspecified atom stereocenters. The minimum atomic E-state index is -0.495. The van der Waals surface area contributed by atoms with Crippen LogP contribution in [0, 0.1) is 5.82 Å². The van der Waals surface area contributed by atoms with E-state index < -0.39 is 12.1 Å². The van der Waals surface area contributed by atoms with Gasteiger partial charge in [0, 0.05) is 12.6 Å². The first-order valence-corrected chi connectivity index (χ1v) is 8.51. The van der Waals surface area contributed by atoms with Gasteiger partial charge in [0.2, 0.25) is 5.91 Å². The molecule has 6 heteroatoms. The van der Waals surface area contributed by atoms with Crippen molar-refractivity contribution in [3.05, 3.63) is 35.6 Å². The molecule has 0 bridgehead atoms. The van der Waals surface area contributed by atoms with Crippen molar-refractivity contribution in [2.75, 3.05) is 7.05 Å². The van der Waals surface area contributed by atoms with Crippen LogP contribution in [0.5, 0.6) is 0 Å². The van der Waals surface area contributed by atoms with E-state index >= 15 is 0 Å². The highest BCUT2D eigenvalue weighted by atomic mass is 19.1. The Morgan fingerprint density at radius 1 is 1.29 bits per heavy atom. The Bertz CT molecular complexity index is 573. The van der Waals surface area contributed by atoms with Crippen molar-refractivity contribution in [2.24, 2.45) is 0 Å². The van der Waals surface area contributed by atoms with Crippen LogP contribution in [0.15, 0.2) is 24.3 Å². The largest absolute Gasteiger partial charge is 0.335 e. The van der Waals surface area contributed by atoms with Crippen LogP contribution in [0.3, 0.4) is 0 Å². The highest BCUT2D eigenvalue weighted by Gasteiger charge is 2.22. The molecule has 0 aromatic heterocycles. The number of carbonyl (C=O) groups is 2. The molecule has 5 nitrogen and oxygen atoms in total. The number of carbonyl (C=O) groups excluding carboxylic acids is 2. The molecule has 1 aromatic rings. The molecule has 1 aromatic carbocycles. The van der Waals surface area contributed by atoms with Gasteiger partial charge in [-0.15, -0.1) is 0 Å². The summed E-state index contributed by atoms with van der Waals surface area (Å²) in [6.45, 7) is 2.15. The van der Waals surface area contributed by atoms with Gasteiger partial charge >= 0.3 is 6.03 Å². The molecule has 2 N–H and O–H groups in total. The lowest BCUT2D eigenvalue weighted by molar-refractivity contribution is -0.124. The Hall–Kier alpha value is -1.95. The Balaban J connectivity index is 1.80. The van der Waals surface area contributed by atoms with Crippen molar-refractivity contribution in [3.8, 4) is 0 Å². The molecule has 2 rings (SSSR count). The average Bonchev–Trinajstić information content (AvgIpc) is 2.54. The van der Waals surface area contributed by atoms with E-state index in [2.05, 4.69) is 10.6 Å². The van der Waals surface area contributed by atoms with E-state index in [0.717, 1.165) is 31.2 Å². The maximum Gasteiger partial charge on any atom is 0.321 e. The lowest BCUT2D eigenvalue weighted by Gasteiger charge is -2.25. The first-order chi connectivity index (χ1) is 11.5. The fourth-order valence-corrected chi connectivity index (χ4v) is 2.95. The summed E-state index contributed by atoms with van der Waals surface area (Å²) in [5, 5.41) is 5.26. The van der Waals surface area contributed by atoms with E-state index in [1.807, 2.05) is 0 Å². The normalized spacial score (nSPS) is 16.7. The number of imide groups is 1. The Kier molecular flexibility index (Phi) is 6.73. The van der Waals surface area contributed by atoms with Gasteiger partial charge in [-0.1, -0.05) is 31.4 Å². The van der Waals surface area contributed by atoms with Gasteiger partial charge in [-0.2, -0.15) is 0 Å². The number of hydrogen-bond acceptors (Lipinski definition) is 3. The third-order valence-electron chi connectivity index (χ3n) is 4.54. The Morgan fingerprint density at radius 2 is 2.00 bits per heavy atom. The van der Waals surface area contributed by atoms with Crippen molar-refractivity contribution in [1.29, 1.82) is 0 Å². The zero-order valence-corrected chi connectivity index (χ0v) is 14.3. The topological polar surface area (TPSA) is 61.4 Å². The van der Waals surface area contributed by atoms with Crippen LogP contribution in [0.25, 0.3) is 0 Å². The van der Waals surface area contributed by atoms with Crippen LogP contribution in [0.1, 0.15) is 44.6 Å². The van der Waals surface area contributed by atoms with Gasteiger partial charge in [-0.05, 0) is 44.5 Å². The van der Waals surface area contributed by atoms with Crippen LogP contribution >= 0.6 is 0 Å². The fourth-order valence-electron chi connectivity index (χ4n) is 2.95. The number of nitrogens with one attached hydrogen (secondary N) is 2. The number of hydrogen-bond donors (Lipinski definition) is 2. The van der Waals surface area contributed by atoms with Gasteiger partial charge in [-0.25, -0.2) is 9.18 Å². The van der Waals surface area contributed by atoms with E-state index in [4.69, 9.17) is 0 Å². The van der Waals surface area contributed by atoms with Crippen LogP contribution < -0.4 is 10.6 Å². The molecule has 1 aliphatic carbocycles. The predicted octanol–water partition coefficient (Wildman–Crippen LogP) is 2.80. The molecule has 0 saturated heterocycles. The second-order valence-electron chi connectivity index (χ2n) is 6.52. The van der Waals surface area contributed by atoms with Gasteiger partial charge < -0.3 is 5.32 Å². The van der Waals surface area contributed by atoms with E-state index in [1.54, 1.807) is 31.0 Å². The third kappa shape index (κ3) is 5.60. The van der Waals surface area contributed by atoms with E-state index in [0.29, 0.717) is 6.54 Å². The zero-order valence-electron chi connectivity index (χ0n) is 14.3. The number of nitrogens with zero attached hydrogens (tertiary/aromatic N) is 1. The van der Waals surface area contributed by atoms with Crippen LogP contribution in [-0.4, -0.2) is 36.0 Å². The van der Waals surface area contributed by atoms with Crippen LogP contribution in [0.4, 0.5) is 9.18 Å². The smallest absolute Gasteiger partial charge is 0.321 e. The summed E-state index contributed by atoms with van der Waals surface area (Å²) in [4.78, 5) is 25.9. The quantitative estimate of drug-likeness (QED) is 0.870. The molecule has 132 valence electrons. The number of likely N-dealkylation sites (N-methyl/N-ethyl adjacent to an activating group) is 1. The second-order valence-corrected chi connectivity index (χ2v) is 6.52. The molecule has 0 radical (unpaired) electrons. The molecule has 1 aliphatic rings. The summed E-state index contributed by atoms with van der Waals surface area (Å²) in [6, 6.07) is 5.50. The molecule has 1 fully saturated rings. The first-order valence-electron chi connectivity index (χ1n) is 8.51. The number of halogens is 1. The van der Waals surface area contributed by atoms with E-state index in [1.165, 1.54) is 18.6 Å². The SMILES string of the molecule is C[C@@H](C(=O)NC(=O)NC1CCCCC1)N(C)Cc1cccc(F)c1. The van der Waals surface area contributed by atoms with Crippen molar-refractivity contribution in [2.45, 2.75) is 57.7 Å². The number of urea groups is 1. The van der Waals surface area contributed by atoms with Gasteiger partial charge in [-0.3, -0.25) is 15.0 Å². The van der Waals surface area contributed by atoms with Crippen molar-refractivity contribution >= 4 is 11.9 Å². The summed E-state index contributed by atoms with van der Waals surface area (Å²) in [7, 11) is 1.77. The number of rotatable bonds is 5. The van der Waals surface area contributed by atoms with Gasteiger partial charge in [0.1, 0.15) is 5.82 Å². The maximum atomic E-state index is 13.2. The average molecular weight is 335 g/mol. The molecule has 3 amide bonds. The molecule has 0 aliphatic heterocycles. The van der Waals surface area contributed by atoms with Crippen molar-refractivity contribution in [3.63, 3.8) is 0 Å². The van der Waals surface area contributed by atoms with Gasteiger partial charge in [0.05, 0.1) is 6.04 Å². The van der Waals surface area contributed by atoms with Crippen molar-refractivity contribution in [1.82, 2.24) is 15.5 Å². The van der Waals surface area contributed by atoms with E-state index in [9.17, 15) is 14.0 Å². The van der Waals surface area contributed by atoms with E-state index in [-0.39, 0.29) is 17.8 Å². The van der Waals surface area contributed by atoms with Crippen LogP contribution in [0.2, 0.25) is 0 Å². The van der Waals surface area contributed by atoms with Crippen LogP contribution in [-0.2, 0) is 11.3 Å². The highest BCUT2D eigenvalue weighted by molar-refractivity contribution is 5.96. The molecule has 0 heterocycles. The minimum Gasteiger partial charge on any atom is -0.335 e. The summed E-state index contributed by atoms with van der Waals surface area (Å²) in [5.41, 5.74) is 0.781. The standard InChI is InChI=1S/C18H26FN3O2/c1-13(22(2)12-14-7-6-8-15(19)11-14)17(23)21-18(24)20-16-9-4-3-5-10-16/h6-8,11,13,16H,3-5,9-10,12H2,1-2H3,(H2,20,21,23,24)/t13-/m0/s1. The first kappa shape index (κ1) is 18.4. The zero-order chi connectivity index (χ0) is 17.5. The summed E-state index contributed by atoms with van der Waals surface area (Å²) in [5.74, 6) is -0.660. The fraction of sp³-hybridized carbons (Fsp3) is 0.556. The summed E-state index contributed by atoms with van der Waals surface area (Å²) >= 11 is 0. The Labute approximate surface area is 142 Å². The third-order valence-corrected chi connectivity index (χ3v) is 4.54. The van der Waals surface area contributed by atoms with Crippen molar-refractivity contribution < 1.29 is 14.0 Å². The van der Waals surface area contributed by atoms with Gasteiger partial charge in [0.25, 0.3) is 0 Å². The predicted molar refractivity (Wildman–Crippen MR) is 90.9 cm³/mol. The van der Waals surface area contributed by atoms with Gasteiger partial charge in [0.15, 0.2) is 0 Å². The molecule has 1 atom stereocenters. The highest BCUT2D eigenvalue weighted by Crippen LogP contribution is 2.17. The molecular weight excluding hydrogens is 309 g/mol. The molecule has 1 saturated carbocycles. The summed E-state index contributed by atoms with van der Waals surface area (Å²) < 4.78 is 13.2. The lowest BCUT2D eigenvalue weighted by atomic mass is 9.96. The molecule has 0 spiro atoms. The number of benzene rings is 1. The minimum absolute atomic E-state index is 0.159. The second kappa shape index (κ2) is 8.78. The summed E-state index contributed by atoms with van der Waals surface area (Å²) in [6.07, 6.45) is 5.38. The maximum absolute atomic E-state index is 13.2. The monoisotopic (exact) mass is 335 g/mol. The number of amides is 3. The Morgan fingerprint density at radius 3 is 2.67 bits per heavy atom. The molecular formula is C18H26FN3O2. The molecule has 24 heavy (non-hydrogen) atoms. The lowest BCUT2D eigenvalue weighted by Crippen LogP contribution is -2.50.